The van der Waals surface area contributed by atoms with Crippen molar-refractivity contribution in [1.82, 2.24) is 14.8 Å². The monoisotopic (exact) mass is 460 g/mol. The maximum Gasteiger partial charge on any atom is 0.338 e. The molecule has 30 heavy (non-hydrogen) atoms. The second kappa shape index (κ2) is 8.71. The second-order valence-corrected chi connectivity index (χ2v) is 8.44. The van der Waals surface area contributed by atoms with Crippen molar-refractivity contribution >= 4 is 46.9 Å². The van der Waals surface area contributed by atoms with E-state index in [2.05, 4.69) is 15.4 Å². The number of methoxy groups -OCH3 is 1. The van der Waals surface area contributed by atoms with E-state index in [1.807, 2.05) is 43.3 Å². The Morgan fingerprint density at radius 2 is 1.93 bits per heavy atom. The first-order valence-corrected chi connectivity index (χ1v) is 10.9. The van der Waals surface area contributed by atoms with Gasteiger partial charge in [-0.15, -0.1) is 5.10 Å². The molecule has 9 heteroatoms. The number of fused-ring (bicyclic) bond motifs is 1. The molecule has 0 radical (unpaired) electrons. The highest BCUT2D eigenvalue weighted by molar-refractivity contribution is 7.98. The van der Waals surface area contributed by atoms with Gasteiger partial charge in [0.1, 0.15) is 6.04 Å². The summed E-state index contributed by atoms with van der Waals surface area (Å²) in [4.78, 5) is 17.2. The maximum atomic E-state index is 12.6. The molecule has 1 unspecified atom stereocenters. The standard InChI is InChI=1S/C21H18Cl2N4O2S/c1-12-17(19(28)29-2)18(13-7-9-15(22)10-8-13)27-20(24-12)25-21(26-27)30-11-14-5-3-4-6-16(14)23/h3-10,18H,11H2,1-2H3,(H,24,25,26). The zero-order valence-electron chi connectivity index (χ0n) is 16.2. The summed E-state index contributed by atoms with van der Waals surface area (Å²) >= 11 is 13.8. The van der Waals surface area contributed by atoms with Crippen LogP contribution < -0.4 is 5.32 Å². The molecule has 154 valence electrons. The molecular formula is C21H18Cl2N4O2S. The molecule has 0 spiro atoms. The van der Waals surface area contributed by atoms with Crippen LogP contribution in [-0.2, 0) is 15.3 Å². The van der Waals surface area contributed by atoms with E-state index < -0.39 is 12.0 Å². The molecule has 0 bridgehead atoms. The van der Waals surface area contributed by atoms with Crippen LogP contribution in [0.3, 0.4) is 0 Å². The van der Waals surface area contributed by atoms with Gasteiger partial charge in [0.2, 0.25) is 11.1 Å². The van der Waals surface area contributed by atoms with Crippen LogP contribution in [0.2, 0.25) is 10.0 Å². The highest BCUT2D eigenvalue weighted by atomic mass is 35.5. The number of benzene rings is 2. The first kappa shape index (κ1) is 20.8. The van der Waals surface area contributed by atoms with Crippen LogP contribution in [-0.4, -0.2) is 27.8 Å². The lowest BCUT2D eigenvalue weighted by Crippen LogP contribution is -2.29. The molecule has 1 aliphatic rings. The average Bonchev–Trinajstić information content (AvgIpc) is 3.14. The average molecular weight is 461 g/mol. The molecule has 1 atom stereocenters. The van der Waals surface area contributed by atoms with Gasteiger partial charge in [-0.05, 0) is 36.2 Å². The minimum absolute atomic E-state index is 0.425. The zero-order chi connectivity index (χ0) is 21.3. The number of carbonyl (C=O) groups excluding carboxylic acids is 1. The summed E-state index contributed by atoms with van der Waals surface area (Å²) in [6.45, 7) is 1.82. The van der Waals surface area contributed by atoms with Crippen molar-refractivity contribution in [3.8, 4) is 0 Å². The SMILES string of the molecule is COC(=O)C1=C(C)Nc2nc(SCc3ccccc3Cl)nn2C1c1ccc(Cl)cc1. The molecule has 1 N–H and O–H groups in total. The number of rotatable bonds is 5. The number of hydrogen-bond donors (Lipinski definition) is 1. The van der Waals surface area contributed by atoms with Crippen LogP contribution in [0.4, 0.5) is 5.95 Å². The smallest absolute Gasteiger partial charge is 0.338 e. The quantitative estimate of drug-likeness (QED) is 0.409. The highest BCUT2D eigenvalue weighted by Gasteiger charge is 2.34. The number of carbonyl (C=O) groups is 1. The van der Waals surface area contributed by atoms with E-state index in [4.69, 9.17) is 27.9 Å². The Morgan fingerprint density at radius 1 is 1.20 bits per heavy atom. The first-order valence-electron chi connectivity index (χ1n) is 9.12. The van der Waals surface area contributed by atoms with Gasteiger partial charge < -0.3 is 10.1 Å². The molecule has 3 aromatic rings. The van der Waals surface area contributed by atoms with Gasteiger partial charge in [-0.2, -0.15) is 4.98 Å². The molecular weight excluding hydrogens is 443 g/mol. The Hall–Kier alpha value is -2.48. The van der Waals surface area contributed by atoms with E-state index >= 15 is 0 Å². The summed E-state index contributed by atoms with van der Waals surface area (Å²) in [6, 6.07) is 14.5. The number of aromatic nitrogens is 3. The number of hydrogen-bond acceptors (Lipinski definition) is 6. The minimum atomic E-state index is -0.479. The molecule has 0 saturated heterocycles. The predicted octanol–water partition coefficient (Wildman–Crippen LogP) is 5.34. The molecule has 1 aromatic heterocycles. The second-order valence-electron chi connectivity index (χ2n) is 6.65. The van der Waals surface area contributed by atoms with Gasteiger partial charge >= 0.3 is 5.97 Å². The predicted molar refractivity (Wildman–Crippen MR) is 119 cm³/mol. The lowest BCUT2D eigenvalue weighted by atomic mass is 9.96. The third kappa shape index (κ3) is 4.05. The van der Waals surface area contributed by atoms with Crippen molar-refractivity contribution in [2.24, 2.45) is 0 Å². The summed E-state index contributed by atoms with van der Waals surface area (Å²) < 4.78 is 6.74. The summed E-state index contributed by atoms with van der Waals surface area (Å²) in [5.74, 6) is 0.762. The summed E-state index contributed by atoms with van der Waals surface area (Å²) in [5, 5.41) is 9.73. The Morgan fingerprint density at radius 3 is 2.63 bits per heavy atom. The van der Waals surface area contributed by atoms with E-state index in [0.29, 0.717) is 38.2 Å². The van der Waals surface area contributed by atoms with Crippen LogP contribution in [0.15, 0.2) is 65.0 Å². The van der Waals surface area contributed by atoms with Crippen molar-refractivity contribution in [1.29, 1.82) is 0 Å². The van der Waals surface area contributed by atoms with E-state index in [-0.39, 0.29) is 0 Å². The van der Waals surface area contributed by atoms with Crippen LogP contribution >= 0.6 is 35.0 Å². The fourth-order valence-electron chi connectivity index (χ4n) is 3.28. The van der Waals surface area contributed by atoms with Crippen molar-refractivity contribution in [3.05, 3.63) is 81.0 Å². The van der Waals surface area contributed by atoms with Gasteiger partial charge in [0, 0.05) is 21.5 Å². The number of anilines is 1. The Balaban J connectivity index is 1.70. The molecule has 1 aliphatic heterocycles. The van der Waals surface area contributed by atoms with Gasteiger partial charge in [-0.25, -0.2) is 9.48 Å². The minimum Gasteiger partial charge on any atom is -0.466 e. The number of ether oxygens (including phenoxy) is 1. The third-order valence-electron chi connectivity index (χ3n) is 4.74. The van der Waals surface area contributed by atoms with Gasteiger partial charge in [0.05, 0.1) is 12.7 Å². The molecule has 0 saturated carbocycles. The third-order valence-corrected chi connectivity index (χ3v) is 6.25. The lowest BCUT2D eigenvalue weighted by molar-refractivity contribution is -0.136. The van der Waals surface area contributed by atoms with E-state index in [9.17, 15) is 4.79 Å². The van der Waals surface area contributed by atoms with Crippen LogP contribution in [0.5, 0.6) is 0 Å². The molecule has 0 amide bonds. The molecule has 4 rings (SSSR count). The van der Waals surface area contributed by atoms with Crippen molar-refractivity contribution in [2.75, 3.05) is 12.4 Å². The van der Waals surface area contributed by atoms with Crippen molar-refractivity contribution in [3.63, 3.8) is 0 Å². The van der Waals surface area contributed by atoms with Gasteiger partial charge in [0.15, 0.2) is 0 Å². The first-order chi connectivity index (χ1) is 14.5. The number of esters is 1. The van der Waals surface area contributed by atoms with Crippen molar-refractivity contribution in [2.45, 2.75) is 23.9 Å². The summed E-state index contributed by atoms with van der Waals surface area (Å²) in [7, 11) is 1.36. The molecule has 0 aliphatic carbocycles. The largest absolute Gasteiger partial charge is 0.466 e. The number of allylic oxidation sites excluding steroid dienone is 1. The Labute approximate surface area is 188 Å². The van der Waals surface area contributed by atoms with Gasteiger partial charge in [-0.3, -0.25) is 0 Å². The number of halogens is 2. The number of nitrogens with one attached hydrogen (secondary N) is 1. The lowest BCUT2D eigenvalue weighted by Gasteiger charge is -2.27. The fraction of sp³-hybridized carbons (Fsp3) is 0.190. The number of nitrogens with zero attached hydrogens (tertiary/aromatic N) is 3. The van der Waals surface area contributed by atoms with E-state index in [0.717, 1.165) is 11.1 Å². The Kier molecular flexibility index (Phi) is 6.04. The van der Waals surface area contributed by atoms with E-state index in [1.165, 1.54) is 18.9 Å². The summed E-state index contributed by atoms with van der Waals surface area (Å²) in [6.07, 6.45) is 0. The van der Waals surface area contributed by atoms with Crippen LogP contribution in [0.1, 0.15) is 24.1 Å². The van der Waals surface area contributed by atoms with Crippen LogP contribution in [0.25, 0.3) is 0 Å². The molecule has 6 nitrogen and oxygen atoms in total. The van der Waals surface area contributed by atoms with E-state index in [1.54, 1.807) is 16.8 Å². The highest BCUT2D eigenvalue weighted by Crippen LogP contribution is 2.37. The molecule has 0 fully saturated rings. The van der Waals surface area contributed by atoms with Crippen LogP contribution in [0, 0.1) is 0 Å². The fourth-order valence-corrected chi connectivity index (χ4v) is 4.52. The Bertz CT molecular complexity index is 1130. The topological polar surface area (TPSA) is 69.0 Å². The normalized spacial score (nSPS) is 15.5. The molecule has 2 heterocycles. The van der Waals surface area contributed by atoms with Crippen molar-refractivity contribution < 1.29 is 9.53 Å². The van der Waals surface area contributed by atoms with Gasteiger partial charge in [0.25, 0.3) is 0 Å². The van der Waals surface area contributed by atoms with Gasteiger partial charge in [-0.1, -0.05) is 65.3 Å². The zero-order valence-corrected chi connectivity index (χ0v) is 18.6. The molecule has 2 aromatic carbocycles. The maximum absolute atomic E-state index is 12.6. The summed E-state index contributed by atoms with van der Waals surface area (Å²) in [5.41, 5.74) is 3.00. The number of thioether (sulfide) groups is 1.